The van der Waals surface area contributed by atoms with Crippen molar-refractivity contribution in [3.8, 4) is 11.8 Å². The molecule has 1 aromatic carbocycles. The zero-order valence-electron chi connectivity index (χ0n) is 12.3. The summed E-state index contributed by atoms with van der Waals surface area (Å²) < 4.78 is 40.5. The molecule has 1 heterocycles. The fraction of sp³-hybridized carbons (Fsp3) is 0.200. The van der Waals surface area contributed by atoms with Gasteiger partial charge in [-0.15, -0.1) is 24.5 Å². The van der Waals surface area contributed by atoms with Crippen LogP contribution in [0, 0.1) is 11.3 Å². The summed E-state index contributed by atoms with van der Waals surface area (Å²) in [5, 5.41) is 16.4. The molecule has 2 rings (SSSR count). The lowest BCUT2D eigenvalue weighted by Crippen LogP contribution is -2.31. The number of nitriles is 1. The maximum atomic E-state index is 12.2. The van der Waals surface area contributed by atoms with Crippen molar-refractivity contribution in [2.75, 3.05) is 10.6 Å². The predicted octanol–water partition coefficient (Wildman–Crippen LogP) is 3.96. The molecule has 2 N–H and O–H groups in total. The maximum Gasteiger partial charge on any atom is 0.573 e. The van der Waals surface area contributed by atoms with E-state index in [4.69, 9.17) is 5.26 Å². The normalized spacial score (nSPS) is 12.1. The van der Waals surface area contributed by atoms with Crippen molar-refractivity contribution < 1.29 is 22.7 Å². The van der Waals surface area contributed by atoms with E-state index in [1.54, 1.807) is 18.4 Å². The van der Waals surface area contributed by atoms with Crippen LogP contribution in [0.5, 0.6) is 5.75 Å². The van der Waals surface area contributed by atoms with Gasteiger partial charge in [0.05, 0.1) is 5.56 Å². The molecule has 24 heavy (non-hydrogen) atoms. The van der Waals surface area contributed by atoms with Gasteiger partial charge in [-0.05, 0) is 30.5 Å². The van der Waals surface area contributed by atoms with Crippen LogP contribution in [0.25, 0.3) is 0 Å². The van der Waals surface area contributed by atoms with Gasteiger partial charge in [0.15, 0.2) is 0 Å². The molecule has 0 aliphatic carbocycles. The first-order valence-corrected chi connectivity index (χ1v) is 7.57. The standard InChI is InChI=1S/C15H12F3N3O2S/c1-9(13(22)21-14-10(8-19)5-6-24-14)20-11-3-2-4-12(7-11)23-15(16,17)18/h2-7,9,20H,1H3,(H,21,22). The van der Waals surface area contributed by atoms with Gasteiger partial charge in [0.1, 0.15) is 22.9 Å². The second-order valence-corrected chi connectivity index (χ2v) is 5.62. The fourth-order valence-electron chi connectivity index (χ4n) is 1.81. The van der Waals surface area contributed by atoms with E-state index in [0.29, 0.717) is 16.3 Å². The van der Waals surface area contributed by atoms with Crippen LogP contribution in [0.1, 0.15) is 12.5 Å². The Morgan fingerprint density at radius 1 is 1.38 bits per heavy atom. The third kappa shape index (κ3) is 4.89. The monoisotopic (exact) mass is 355 g/mol. The van der Waals surface area contributed by atoms with Gasteiger partial charge >= 0.3 is 6.36 Å². The fourth-order valence-corrected chi connectivity index (χ4v) is 2.55. The van der Waals surface area contributed by atoms with E-state index in [1.807, 2.05) is 6.07 Å². The van der Waals surface area contributed by atoms with Crippen molar-refractivity contribution in [3.63, 3.8) is 0 Å². The lowest BCUT2D eigenvalue weighted by Gasteiger charge is -2.16. The predicted molar refractivity (Wildman–Crippen MR) is 83.9 cm³/mol. The molecule has 1 atom stereocenters. The van der Waals surface area contributed by atoms with Crippen LogP contribution in [0.3, 0.4) is 0 Å². The van der Waals surface area contributed by atoms with E-state index in [-0.39, 0.29) is 5.75 Å². The molecule has 9 heteroatoms. The van der Waals surface area contributed by atoms with Crippen molar-refractivity contribution in [3.05, 3.63) is 41.3 Å². The molecule has 1 aromatic heterocycles. The number of anilines is 2. The number of nitrogens with zero attached hydrogens (tertiary/aromatic N) is 1. The molecule has 0 spiro atoms. The number of carbonyl (C=O) groups is 1. The van der Waals surface area contributed by atoms with Gasteiger partial charge in [-0.3, -0.25) is 4.79 Å². The molecule has 5 nitrogen and oxygen atoms in total. The van der Waals surface area contributed by atoms with Crippen LogP contribution in [0.15, 0.2) is 35.7 Å². The summed E-state index contributed by atoms with van der Waals surface area (Å²) in [6, 6.07) is 7.99. The Balaban J connectivity index is 2.01. The van der Waals surface area contributed by atoms with Gasteiger partial charge < -0.3 is 15.4 Å². The van der Waals surface area contributed by atoms with E-state index in [9.17, 15) is 18.0 Å². The number of hydrogen-bond donors (Lipinski definition) is 2. The van der Waals surface area contributed by atoms with Crippen molar-refractivity contribution in [2.45, 2.75) is 19.3 Å². The Labute approximate surface area is 139 Å². The van der Waals surface area contributed by atoms with Crippen molar-refractivity contribution in [1.82, 2.24) is 0 Å². The summed E-state index contributed by atoms with van der Waals surface area (Å²) in [5.74, 6) is -0.804. The summed E-state index contributed by atoms with van der Waals surface area (Å²) in [6.07, 6.45) is -4.78. The Hall–Kier alpha value is -2.73. The number of hydrogen-bond acceptors (Lipinski definition) is 5. The zero-order valence-corrected chi connectivity index (χ0v) is 13.2. The van der Waals surface area contributed by atoms with E-state index >= 15 is 0 Å². The number of amides is 1. The van der Waals surface area contributed by atoms with Crippen LogP contribution in [0.4, 0.5) is 23.9 Å². The molecule has 126 valence electrons. The molecule has 0 aliphatic heterocycles. The summed E-state index contributed by atoms with van der Waals surface area (Å²) in [6.45, 7) is 1.55. The van der Waals surface area contributed by atoms with Gasteiger partial charge in [0, 0.05) is 11.8 Å². The third-order valence-electron chi connectivity index (χ3n) is 2.87. The Morgan fingerprint density at radius 2 is 2.12 bits per heavy atom. The molecule has 2 aromatic rings. The first-order chi connectivity index (χ1) is 11.3. The molecule has 1 unspecified atom stereocenters. The lowest BCUT2D eigenvalue weighted by molar-refractivity contribution is -0.274. The van der Waals surface area contributed by atoms with Crippen molar-refractivity contribution >= 4 is 27.9 Å². The number of alkyl halides is 3. The number of ether oxygens (including phenoxy) is 1. The maximum absolute atomic E-state index is 12.2. The zero-order chi connectivity index (χ0) is 17.7. The minimum Gasteiger partial charge on any atom is -0.406 e. The van der Waals surface area contributed by atoms with Gasteiger partial charge in [0.2, 0.25) is 5.91 Å². The summed E-state index contributed by atoms with van der Waals surface area (Å²) in [5.41, 5.74) is 0.646. The minimum atomic E-state index is -4.78. The second kappa shape index (κ2) is 7.23. The average Bonchev–Trinajstić information content (AvgIpc) is 2.92. The quantitative estimate of drug-likeness (QED) is 0.851. The number of halogens is 3. The third-order valence-corrected chi connectivity index (χ3v) is 3.70. The summed E-state index contributed by atoms with van der Waals surface area (Å²) >= 11 is 1.21. The van der Waals surface area contributed by atoms with Crippen LogP contribution in [0.2, 0.25) is 0 Å². The van der Waals surface area contributed by atoms with Gasteiger partial charge in [-0.2, -0.15) is 5.26 Å². The molecule has 0 aliphatic rings. The molecule has 0 saturated carbocycles. The topological polar surface area (TPSA) is 74.2 Å². The van der Waals surface area contributed by atoms with E-state index in [1.165, 1.54) is 23.5 Å². The van der Waals surface area contributed by atoms with Crippen molar-refractivity contribution in [1.29, 1.82) is 5.26 Å². The highest BCUT2D eigenvalue weighted by Crippen LogP contribution is 2.26. The highest BCUT2D eigenvalue weighted by Gasteiger charge is 2.31. The minimum absolute atomic E-state index is 0.297. The van der Waals surface area contributed by atoms with Crippen LogP contribution in [-0.4, -0.2) is 18.3 Å². The first-order valence-electron chi connectivity index (χ1n) is 6.69. The molecule has 0 fully saturated rings. The number of benzene rings is 1. The van der Waals surface area contributed by atoms with Crippen LogP contribution < -0.4 is 15.4 Å². The van der Waals surface area contributed by atoms with E-state index in [2.05, 4.69) is 15.4 Å². The Kier molecular flexibility index (Phi) is 5.31. The van der Waals surface area contributed by atoms with Crippen LogP contribution >= 0.6 is 11.3 Å². The number of nitrogens with one attached hydrogen (secondary N) is 2. The molecule has 0 bridgehead atoms. The van der Waals surface area contributed by atoms with Crippen LogP contribution in [-0.2, 0) is 4.79 Å². The number of thiophene rings is 1. The molecule has 1 amide bonds. The highest BCUT2D eigenvalue weighted by atomic mass is 32.1. The Morgan fingerprint density at radius 3 is 2.79 bits per heavy atom. The first kappa shape index (κ1) is 17.6. The number of rotatable bonds is 5. The smallest absolute Gasteiger partial charge is 0.406 e. The van der Waals surface area contributed by atoms with Crippen molar-refractivity contribution in [2.24, 2.45) is 0 Å². The Bertz CT molecular complexity index is 768. The summed E-state index contributed by atoms with van der Waals surface area (Å²) in [4.78, 5) is 12.1. The molecule has 0 radical (unpaired) electrons. The van der Waals surface area contributed by atoms with Gasteiger partial charge in [-0.1, -0.05) is 6.07 Å². The summed E-state index contributed by atoms with van der Waals surface area (Å²) in [7, 11) is 0. The molecule has 0 saturated heterocycles. The number of carbonyl (C=O) groups excluding carboxylic acids is 1. The molecular formula is C15H12F3N3O2S. The largest absolute Gasteiger partial charge is 0.573 e. The molecular weight excluding hydrogens is 343 g/mol. The average molecular weight is 355 g/mol. The van der Waals surface area contributed by atoms with Gasteiger partial charge in [0.25, 0.3) is 0 Å². The van der Waals surface area contributed by atoms with E-state index < -0.39 is 18.3 Å². The van der Waals surface area contributed by atoms with Gasteiger partial charge in [-0.25, -0.2) is 0 Å². The SMILES string of the molecule is CC(Nc1cccc(OC(F)(F)F)c1)C(=O)Nc1sccc1C#N. The van der Waals surface area contributed by atoms with E-state index in [0.717, 1.165) is 12.1 Å². The lowest BCUT2D eigenvalue weighted by atomic mass is 10.2. The second-order valence-electron chi connectivity index (χ2n) is 4.71. The highest BCUT2D eigenvalue weighted by molar-refractivity contribution is 7.14.